The van der Waals surface area contributed by atoms with Gasteiger partial charge in [-0.15, -0.1) is 0 Å². The zero-order valence-electron chi connectivity index (χ0n) is 15.6. The average Bonchev–Trinajstić information content (AvgIpc) is 3.15. The van der Waals surface area contributed by atoms with Crippen molar-refractivity contribution >= 4 is 28.9 Å². The van der Waals surface area contributed by atoms with Crippen LogP contribution < -0.4 is 5.76 Å². The quantitative estimate of drug-likeness (QED) is 0.573. The number of esters is 1. The summed E-state index contributed by atoms with van der Waals surface area (Å²) >= 11 is 0. The first-order valence-electron chi connectivity index (χ1n) is 9.61. The molecular weight excluding hydrogens is 364 g/mol. The number of carbonyl (C=O) groups is 3. The van der Waals surface area contributed by atoms with Crippen LogP contribution >= 0.6 is 0 Å². The van der Waals surface area contributed by atoms with Crippen molar-refractivity contribution in [1.82, 2.24) is 9.47 Å². The third-order valence-corrected chi connectivity index (χ3v) is 5.74. The topological polar surface area (TPSA) is 98.8 Å². The number of rotatable bonds is 5. The Morgan fingerprint density at radius 2 is 1.79 bits per heavy atom. The van der Waals surface area contributed by atoms with Crippen LogP contribution in [0, 0.1) is 11.8 Å². The summed E-state index contributed by atoms with van der Waals surface area (Å²) in [5.41, 5.74) is 1.08. The fourth-order valence-electron chi connectivity index (χ4n) is 4.26. The van der Waals surface area contributed by atoms with Crippen LogP contribution in [0.4, 0.5) is 0 Å². The highest BCUT2D eigenvalue weighted by Crippen LogP contribution is 2.38. The molecule has 1 saturated carbocycles. The first kappa shape index (κ1) is 18.5. The second-order valence-corrected chi connectivity index (χ2v) is 7.37. The van der Waals surface area contributed by atoms with E-state index < -0.39 is 17.8 Å². The predicted molar refractivity (Wildman–Crippen MR) is 98.2 cm³/mol. The maximum Gasteiger partial charge on any atom is 0.420 e. The zero-order chi connectivity index (χ0) is 19.8. The van der Waals surface area contributed by atoms with E-state index in [9.17, 15) is 19.2 Å². The molecule has 0 N–H and O–H groups in total. The third-order valence-electron chi connectivity index (χ3n) is 5.74. The van der Waals surface area contributed by atoms with E-state index >= 15 is 0 Å². The summed E-state index contributed by atoms with van der Waals surface area (Å²) in [6, 6.07) is 6.01. The Balaban J connectivity index is 1.40. The van der Waals surface area contributed by atoms with Crippen LogP contribution in [0.15, 0.2) is 33.5 Å². The summed E-state index contributed by atoms with van der Waals surface area (Å²) in [6.45, 7) is 1.58. The number of fused-ring (bicyclic) bond motifs is 2. The Morgan fingerprint density at radius 3 is 2.46 bits per heavy atom. The van der Waals surface area contributed by atoms with Gasteiger partial charge < -0.3 is 9.15 Å². The normalized spacial score (nSPS) is 23.1. The van der Waals surface area contributed by atoms with Gasteiger partial charge >= 0.3 is 11.7 Å². The molecule has 8 heteroatoms. The minimum atomic E-state index is -0.969. The van der Waals surface area contributed by atoms with Crippen molar-refractivity contribution in [2.45, 2.75) is 45.2 Å². The van der Waals surface area contributed by atoms with Crippen LogP contribution in [0.25, 0.3) is 11.1 Å². The largest absolute Gasteiger partial charge is 0.462 e. The first-order chi connectivity index (χ1) is 13.5. The molecular formula is C20H22N2O6. The van der Waals surface area contributed by atoms with Gasteiger partial charge in [-0.05, 0) is 31.9 Å². The second kappa shape index (κ2) is 7.26. The Hall–Kier alpha value is -2.90. The number of ether oxygens (including phenoxy) is 1. The fourth-order valence-corrected chi connectivity index (χ4v) is 4.26. The van der Waals surface area contributed by atoms with Gasteiger partial charge in [0.1, 0.15) is 12.6 Å². The van der Waals surface area contributed by atoms with Crippen molar-refractivity contribution in [3.05, 3.63) is 34.8 Å². The maximum atomic E-state index is 12.6. The number of hydrogen-bond donors (Lipinski definition) is 0. The molecule has 0 bridgehead atoms. The van der Waals surface area contributed by atoms with Crippen molar-refractivity contribution in [3.63, 3.8) is 0 Å². The molecule has 1 aromatic heterocycles. The monoisotopic (exact) mass is 386 g/mol. The highest BCUT2D eigenvalue weighted by atomic mass is 16.5. The molecule has 28 heavy (non-hydrogen) atoms. The summed E-state index contributed by atoms with van der Waals surface area (Å²) < 4.78 is 11.8. The molecule has 1 aliphatic heterocycles. The molecule has 8 nitrogen and oxygen atoms in total. The van der Waals surface area contributed by atoms with Crippen LogP contribution in [0.3, 0.4) is 0 Å². The van der Waals surface area contributed by atoms with Gasteiger partial charge in [-0.1, -0.05) is 25.0 Å². The summed E-state index contributed by atoms with van der Waals surface area (Å²) in [4.78, 5) is 50.6. The number of amides is 2. The van der Waals surface area contributed by atoms with Gasteiger partial charge in [0, 0.05) is 0 Å². The number of hydrogen-bond acceptors (Lipinski definition) is 6. The minimum absolute atomic E-state index is 0.0598. The average molecular weight is 386 g/mol. The summed E-state index contributed by atoms with van der Waals surface area (Å²) in [5, 5.41) is 0. The molecule has 2 heterocycles. The van der Waals surface area contributed by atoms with Crippen LogP contribution in [0.2, 0.25) is 0 Å². The smallest absolute Gasteiger partial charge is 0.420 e. The number of benzene rings is 1. The van der Waals surface area contributed by atoms with E-state index in [4.69, 9.17) is 9.15 Å². The lowest BCUT2D eigenvalue weighted by Crippen LogP contribution is -2.44. The van der Waals surface area contributed by atoms with Crippen molar-refractivity contribution < 1.29 is 23.5 Å². The maximum absolute atomic E-state index is 12.6. The number of nitrogens with zero attached hydrogens (tertiary/aromatic N) is 2. The molecule has 2 amide bonds. The van der Waals surface area contributed by atoms with Gasteiger partial charge in [-0.3, -0.25) is 19.1 Å². The molecule has 2 unspecified atom stereocenters. The highest BCUT2D eigenvalue weighted by Gasteiger charge is 2.51. The van der Waals surface area contributed by atoms with E-state index in [-0.39, 0.29) is 36.8 Å². The van der Waals surface area contributed by atoms with Gasteiger partial charge in [0.25, 0.3) is 0 Å². The molecule has 1 aromatic carbocycles. The second-order valence-electron chi connectivity index (χ2n) is 7.37. The zero-order valence-corrected chi connectivity index (χ0v) is 15.6. The van der Waals surface area contributed by atoms with Gasteiger partial charge in [-0.2, -0.15) is 0 Å². The van der Waals surface area contributed by atoms with E-state index in [1.54, 1.807) is 24.3 Å². The molecule has 3 atom stereocenters. The highest BCUT2D eigenvalue weighted by molar-refractivity contribution is 6.07. The van der Waals surface area contributed by atoms with Gasteiger partial charge in [-0.25, -0.2) is 9.59 Å². The SMILES string of the molecule is C[C@@H](C(=O)OCCn1c(=O)oc2ccccc21)N1C(=O)C2CCCCC2C1=O. The standard InChI is InChI=1S/C20H22N2O6/c1-12(22-17(23)13-6-2-3-7-14(13)18(22)24)19(25)27-11-10-21-15-8-4-5-9-16(15)28-20(21)26/h4-5,8-9,12-14H,2-3,6-7,10-11H2,1H3/t12-,13?,14?/m0/s1. The first-order valence-corrected chi connectivity index (χ1v) is 9.61. The third kappa shape index (κ3) is 3.02. The number of imide groups is 1. The Kier molecular flexibility index (Phi) is 4.78. The van der Waals surface area contributed by atoms with E-state index in [0.717, 1.165) is 17.7 Å². The van der Waals surface area contributed by atoms with E-state index in [1.165, 1.54) is 11.5 Å². The fraction of sp³-hybridized carbons (Fsp3) is 0.500. The van der Waals surface area contributed by atoms with Crippen molar-refractivity contribution in [2.24, 2.45) is 11.8 Å². The minimum Gasteiger partial charge on any atom is -0.462 e. The van der Waals surface area contributed by atoms with E-state index in [0.29, 0.717) is 23.9 Å². The molecule has 148 valence electrons. The molecule has 4 rings (SSSR count). The van der Waals surface area contributed by atoms with Crippen molar-refractivity contribution in [3.8, 4) is 0 Å². The summed E-state index contributed by atoms with van der Waals surface area (Å²) in [5.74, 6) is -2.31. The van der Waals surface area contributed by atoms with Crippen LogP contribution in [0.1, 0.15) is 32.6 Å². The molecule has 1 saturated heterocycles. The molecule has 2 aliphatic rings. The number of para-hydroxylation sites is 2. The predicted octanol–water partition coefficient (Wildman–Crippen LogP) is 1.70. The number of carbonyl (C=O) groups excluding carboxylic acids is 3. The lowest BCUT2D eigenvalue weighted by atomic mass is 9.81. The van der Waals surface area contributed by atoms with Crippen LogP contribution in [0.5, 0.6) is 0 Å². The Morgan fingerprint density at radius 1 is 1.14 bits per heavy atom. The van der Waals surface area contributed by atoms with Crippen LogP contribution in [-0.4, -0.2) is 39.9 Å². The molecule has 0 spiro atoms. The lowest BCUT2D eigenvalue weighted by Gasteiger charge is -2.21. The lowest BCUT2D eigenvalue weighted by molar-refractivity contribution is -0.158. The van der Waals surface area contributed by atoms with E-state index in [1.807, 2.05) is 0 Å². The van der Waals surface area contributed by atoms with Crippen LogP contribution in [-0.2, 0) is 25.7 Å². The van der Waals surface area contributed by atoms with Crippen molar-refractivity contribution in [2.75, 3.05) is 6.61 Å². The summed E-state index contributed by atoms with van der Waals surface area (Å²) in [7, 11) is 0. The van der Waals surface area contributed by atoms with Gasteiger partial charge in [0.15, 0.2) is 5.58 Å². The molecule has 0 radical (unpaired) electrons. The molecule has 1 aliphatic carbocycles. The van der Waals surface area contributed by atoms with Gasteiger partial charge in [0.2, 0.25) is 11.8 Å². The number of likely N-dealkylation sites (tertiary alicyclic amines) is 1. The molecule has 2 fully saturated rings. The number of aromatic nitrogens is 1. The molecule has 2 aromatic rings. The van der Waals surface area contributed by atoms with E-state index in [2.05, 4.69) is 0 Å². The Bertz CT molecular complexity index is 966. The van der Waals surface area contributed by atoms with Gasteiger partial charge in [0.05, 0.1) is 23.9 Å². The Labute approximate surface area is 161 Å². The van der Waals surface area contributed by atoms with Crippen molar-refractivity contribution in [1.29, 1.82) is 0 Å². The number of oxazole rings is 1. The summed E-state index contributed by atoms with van der Waals surface area (Å²) in [6.07, 6.45) is 3.26.